The van der Waals surface area contributed by atoms with E-state index in [4.69, 9.17) is 15.6 Å². The molecular weight excluding hydrogens is 248 g/mol. The molecule has 0 aliphatic rings. The van der Waals surface area contributed by atoms with Crippen molar-refractivity contribution in [2.75, 3.05) is 12.3 Å². The lowest BCUT2D eigenvalue weighted by atomic mass is 10.1. The smallest absolute Gasteiger partial charge is 0.335 e. The zero-order valence-electron chi connectivity index (χ0n) is 11.2. The quantitative estimate of drug-likeness (QED) is 0.712. The van der Waals surface area contributed by atoms with Gasteiger partial charge in [0.15, 0.2) is 6.61 Å². The second-order valence-electron chi connectivity index (χ2n) is 5.14. The predicted octanol–water partition coefficient (Wildman–Crippen LogP) is 1.26. The molecule has 0 radical (unpaired) electrons. The number of rotatable bonds is 4. The molecule has 0 heterocycles. The lowest BCUT2D eigenvalue weighted by Gasteiger charge is -2.20. The highest BCUT2D eigenvalue weighted by atomic mass is 16.5. The number of carboxylic acid groups (broad SMARTS) is 1. The SMILES string of the molecule is CC(C)(C)NC(=O)COc1cc(C(=O)O)ccc1N. The molecule has 1 rings (SSSR count). The highest BCUT2D eigenvalue weighted by Gasteiger charge is 2.15. The van der Waals surface area contributed by atoms with Crippen LogP contribution in [-0.2, 0) is 4.79 Å². The van der Waals surface area contributed by atoms with Gasteiger partial charge >= 0.3 is 5.97 Å². The molecule has 0 spiro atoms. The van der Waals surface area contributed by atoms with Gasteiger partial charge in [-0.3, -0.25) is 4.79 Å². The van der Waals surface area contributed by atoms with E-state index in [1.165, 1.54) is 18.2 Å². The van der Waals surface area contributed by atoms with Crippen LogP contribution in [0.2, 0.25) is 0 Å². The first-order chi connectivity index (χ1) is 8.69. The minimum Gasteiger partial charge on any atom is -0.482 e. The third-order valence-corrected chi connectivity index (χ3v) is 2.13. The maximum Gasteiger partial charge on any atom is 0.335 e. The lowest BCUT2D eigenvalue weighted by Crippen LogP contribution is -2.43. The average Bonchev–Trinajstić information content (AvgIpc) is 2.25. The third kappa shape index (κ3) is 4.87. The molecular formula is C13H18N2O4. The van der Waals surface area contributed by atoms with Gasteiger partial charge in [0.1, 0.15) is 5.75 Å². The van der Waals surface area contributed by atoms with Crippen molar-refractivity contribution in [1.29, 1.82) is 0 Å². The first-order valence-electron chi connectivity index (χ1n) is 5.75. The van der Waals surface area contributed by atoms with E-state index in [1.54, 1.807) is 0 Å². The van der Waals surface area contributed by atoms with E-state index in [2.05, 4.69) is 5.32 Å². The summed E-state index contributed by atoms with van der Waals surface area (Å²) in [4.78, 5) is 22.4. The molecule has 0 saturated heterocycles. The van der Waals surface area contributed by atoms with Crippen molar-refractivity contribution in [3.63, 3.8) is 0 Å². The summed E-state index contributed by atoms with van der Waals surface area (Å²) in [5.74, 6) is -1.19. The molecule has 1 aromatic carbocycles. The number of aromatic carboxylic acids is 1. The number of hydrogen-bond acceptors (Lipinski definition) is 4. The van der Waals surface area contributed by atoms with Gasteiger partial charge < -0.3 is 20.9 Å². The monoisotopic (exact) mass is 266 g/mol. The van der Waals surface area contributed by atoms with Crippen molar-refractivity contribution in [2.45, 2.75) is 26.3 Å². The van der Waals surface area contributed by atoms with Crippen molar-refractivity contribution in [2.24, 2.45) is 0 Å². The van der Waals surface area contributed by atoms with E-state index in [-0.39, 0.29) is 35.1 Å². The number of nitrogens with two attached hydrogens (primary N) is 1. The molecule has 0 aliphatic carbocycles. The number of carboxylic acids is 1. The summed E-state index contributed by atoms with van der Waals surface area (Å²) in [6, 6.07) is 4.10. The zero-order valence-corrected chi connectivity index (χ0v) is 11.2. The van der Waals surface area contributed by atoms with Gasteiger partial charge in [-0.15, -0.1) is 0 Å². The molecule has 0 unspecified atom stereocenters. The molecule has 0 saturated carbocycles. The number of ether oxygens (including phenoxy) is 1. The van der Waals surface area contributed by atoms with Crippen molar-refractivity contribution in [3.05, 3.63) is 23.8 Å². The Labute approximate surface area is 111 Å². The number of anilines is 1. The van der Waals surface area contributed by atoms with Crippen LogP contribution < -0.4 is 15.8 Å². The van der Waals surface area contributed by atoms with Gasteiger partial charge in [-0.1, -0.05) is 0 Å². The zero-order chi connectivity index (χ0) is 14.6. The molecule has 0 fully saturated rings. The predicted molar refractivity (Wildman–Crippen MR) is 71.2 cm³/mol. The van der Waals surface area contributed by atoms with Crippen LogP contribution in [0.4, 0.5) is 5.69 Å². The third-order valence-electron chi connectivity index (χ3n) is 2.13. The number of hydrogen-bond donors (Lipinski definition) is 3. The standard InChI is InChI=1S/C13H18N2O4/c1-13(2,3)15-11(16)7-19-10-6-8(12(17)18)4-5-9(10)14/h4-6H,7,14H2,1-3H3,(H,15,16)(H,17,18). The van der Waals surface area contributed by atoms with Crippen LogP contribution in [0.25, 0.3) is 0 Å². The van der Waals surface area contributed by atoms with Crippen molar-refractivity contribution in [3.8, 4) is 5.75 Å². The van der Waals surface area contributed by atoms with E-state index >= 15 is 0 Å². The Morgan fingerprint density at radius 1 is 1.37 bits per heavy atom. The Morgan fingerprint density at radius 3 is 2.53 bits per heavy atom. The highest BCUT2D eigenvalue weighted by Crippen LogP contribution is 2.22. The molecule has 104 valence electrons. The van der Waals surface area contributed by atoms with Gasteiger partial charge in [-0.2, -0.15) is 0 Å². The largest absolute Gasteiger partial charge is 0.482 e. The molecule has 6 heteroatoms. The summed E-state index contributed by atoms with van der Waals surface area (Å²) in [6.07, 6.45) is 0. The number of benzene rings is 1. The number of carbonyl (C=O) groups excluding carboxylic acids is 1. The van der Waals surface area contributed by atoms with Gasteiger partial charge in [0.25, 0.3) is 5.91 Å². The fourth-order valence-electron chi connectivity index (χ4n) is 1.39. The summed E-state index contributed by atoms with van der Waals surface area (Å²) in [5, 5.41) is 11.6. The van der Waals surface area contributed by atoms with Crippen LogP contribution in [0.3, 0.4) is 0 Å². The summed E-state index contributed by atoms with van der Waals surface area (Å²) in [5.41, 5.74) is 5.64. The number of amides is 1. The molecule has 0 bridgehead atoms. The summed E-state index contributed by atoms with van der Waals surface area (Å²) in [6.45, 7) is 5.34. The second-order valence-corrected chi connectivity index (χ2v) is 5.14. The number of nitrogens with one attached hydrogen (secondary N) is 1. The van der Waals surface area contributed by atoms with Crippen molar-refractivity contribution >= 4 is 17.6 Å². The molecule has 1 aromatic rings. The molecule has 6 nitrogen and oxygen atoms in total. The number of nitrogen functional groups attached to an aromatic ring is 1. The fourth-order valence-corrected chi connectivity index (χ4v) is 1.39. The summed E-state index contributed by atoms with van der Waals surface area (Å²) < 4.78 is 5.23. The first kappa shape index (κ1) is 14.8. The van der Waals surface area contributed by atoms with Gasteiger partial charge in [-0.25, -0.2) is 4.79 Å². The second kappa shape index (κ2) is 5.60. The number of carbonyl (C=O) groups is 2. The van der Waals surface area contributed by atoms with Gasteiger partial charge in [-0.05, 0) is 39.0 Å². The van der Waals surface area contributed by atoms with Gasteiger partial charge in [0.2, 0.25) is 0 Å². The minimum absolute atomic E-state index is 0.0560. The Morgan fingerprint density at radius 2 is 2.00 bits per heavy atom. The van der Waals surface area contributed by atoms with E-state index in [1.807, 2.05) is 20.8 Å². The summed E-state index contributed by atoms with van der Waals surface area (Å²) >= 11 is 0. The van der Waals surface area contributed by atoms with Crippen LogP contribution in [0.15, 0.2) is 18.2 Å². The summed E-state index contributed by atoms with van der Waals surface area (Å²) in [7, 11) is 0. The minimum atomic E-state index is -1.08. The molecule has 0 aromatic heterocycles. The molecule has 19 heavy (non-hydrogen) atoms. The molecule has 0 aliphatic heterocycles. The van der Waals surface area contributed by atoms with Crippen LogP contribution in [0.5, 0.6) is 5.75 Å². The highest BCUT2D eigenvalue weighted by molar-refractivity contribution is 5.89. The Kier molecular flexibility index (Phi) is 4.37. The maximum atomic E-state index is 11.6. The molecule has 0 atom stereocenters. The van der Waals surface area contributed by atoms with E-state index in [0.29, 0.717) is 0 Å². The maximum absolute atomic E-state index is 11.6. The van der Waals surface area contributed by atoms with Crippen LogP contribution in [0.1, 0.15) is 31.1 Å². The molecule has 4 N–H and O–H groups in total. The van der Waals surface area contributed by atoms with Crippen LogP contribution in [0, 0.1) is 0 Å². The Balaban J connectivity index is 2.70. The average molecular weight is 266 g/mol. The molecule has 1 amide bonds. The van der Waals surface area contributed by atoms with E-state index < -0.39 is 5.97 Å². The normalized spacial score (nSPS) is 10.9. The van der Waals surface area contributed by atoms with Crippen LogP contribution in [-0.4, -0.2) is 29.1 Å². The van der Waals surface area contributed by atoms with Gasteiger partial charge in [0.05, 0.1) is 11.3 Å². The van der Waals surface area contributed by atoms with E-state index in [9.17, 15) is 9.59 Å². The van der Waals surface area contributed by atoms with Crippen molar-refractivity contribution < 1.29 is 19.4 Å². The Hall–Kier alpha value is -2.24. The fraction of sp³-hybridized carbons (Fsp3) is 0.385. The van der Waals surface area contributed by atoms with Crippen molar-refractivity contribution in [1.82, 2.24) is 5.32 Å². The van der Waals surface area contributed by atoms with E-state index in [0.717, 1.165) is 0 Å². The Bertz CT molecular complexity index is 492. The first-order valence-corrected chi connectivity index (χ1v) is 5.75. The van der Waals surface area contributed by atoms with Crippen LogP contribution >= 0.6 is 0 Å². The lowest BCUT2D eigenvalue weighted by molar-refractivity contribution is -0.124. The van der Waals surface area contributed by atoms with Gasteiger partial charge in [0, 0.05) is 5.54 Å². The topological polar surface area (TPSA) is 102 Å².